The second kappa shape index (κ2) is 5.80. The number of benzene rings is 1. The molecule has 1 fully saturated rings. The summed E-state index contributed by atoms with van der Waals surface area (Å²) in [7, 11) is 0. The summed E-state index contributed by atoms with van der Waals surface area (Å²) in [6, 6.07) is 4.90. The highest BCUT2D eigenvalue weighted by Crippen LogP contribution is 2.31. The molecule has 0 aromatic heterocycles. The van der Waals surface area contributed by atoms with Crippen molar-refractivity contribution in [2.45, 2.75) is 37.8 Å². The smallest absolute Gasteiger partial charge is 0.183 e. The molecule has 2 atom stereocenters. The fourth-order valence-corrected chi connectivity index (χ4v) is 2.98. The lowest BCUT2D eigenvalue weighted by molar-refractivity contribution is 0.0837. The van der Waals surface area contributed by atoms with Gasteiger partial charge in [-0.3, -0.25) is 4.79 Å². The van der Waals surface area contributed by atoms with Crippen molar-refractivity contribution in [3.63, 3.8) is 0 Å². The maximum Gasteiger partial charge on any atom is 0.183 e. The first-order valence-electron chi connectivity index (χ1n) is 6.41. The number of ketones is 1. The summed E-state index contributed by atoms with van der Waals surface area (Å²) < 4.78 is 0. The summed E-state index contributed by atoms with van der Waals surface area (Å²) in [5.41, 5.74) is -0.143. The standard InChI is InChI=1S/C14H17Cl2NO2/c1-2-5-14(7-10(18)8-17-14)13(19)9-3-4-11(15)12(16)6-9/h3-4,6,10,17-18H,2,5,7-8H2,1H3. The third-order valence-electron chi connectivity index (χ3n) is 3.55. The number of aliphatic hydroxyl groups excluding tert-OH is 1. The van der Waals surface area contributed by atoms with Gasteiger partial charge in [-0.15, -0.1) is 0 Å². The summed E-state index contributed by atoms with van der Waals surface area (Å²) >= 11 is 11.8. The molecule has 3 nitrogen and oxygen atoms in total. The molecule has 1 aliphatic heterocycles. The van der Waals surface area contributed by atoms with Crippen molar-refractivity contribution in [3.8, 4) is 0 Å². The molecule has 0 spiro atoms. The number of carbonyl (C=O) groups excluding carboxylic acids is 1. The average molecular weight is 302 g/mol. The molecule has 0 bridgehead atoms. The molecule has 2 rings (SSSR count). The van der Waals surface area contributed by atoms with E-state index in [0.29, 0.717) is 35.0 Å². The van der Waals surface area contributed by atoms with Gasteiger partial charge < -0.3 is 10.4 Å². The number of halogens is 2. The lowest BCUT2D eigenvalue weighted by Gasteiger charge is -2.27. The number of aliphatic hydroxyl groups is 1. The third kappa shape index (κ3) is 2.95. The van der Waals surface area contributed by atoms with Crippen LogP contribution in [0.4, 0.5) is 0 Å². The number of nitrogens with one attached hydrogen (secondary N) is 1. The van der Waals surface area contributed by atoms with Crippen LogP contribution in [-0.2, 0) is 0 Å². The Bertz CT molecular complexity index is 488. The molecule has 1 heterocycles. The van der Waals surface area contributed by atoms with Crippen LogP contribution in [0.2, 0.25) is 10.0 Å². The first-order chi connectivity index (χ1) is 8.98. The van der Waals surface area contributed by atoms with Gasteiger partial charge in [-0.1, -0.05) is 36.5 Å². The second-order valence-electron chi connectivity index (χ2n) is 5.03. The van der Waals surface area contributed by atoms with Crippen LogP contribution in [0.15, 0.2) is 18.2 Å². The predicted octanol–water partition coefficient (Wildman–Crippen LogP) is 3.07. The van der Waals surface area contributed by atoms with Gasteiger partial charge in [-0.05, 0) is 24.6 Å². The van der Waals surface area contributed by atoms with Crippen molar-refractivity contribution in [1.29, 1.82) is 0 Å². The third-order valence-corrected chi connectivity index (χ3v) is 4.29. The van der Waals surface area contributed by atoms with Crippen molar-refractivity contribution in [2.24, 2.45) is 0 Å². The number of rotatable bonds is 4. The van der Waals surface area contributed by atoms with Gasteiger partial charge in [-0.25, -0.2) is 0 Å². The van der Waals surface area contributed by atoms with E-state index in [4.69, 9.17) is 23.2 Å². The summed E-state index contributed by atoms with van der Waals surface area (Å²) in [5, 5.41) is 13.7. The van der Waals surface area contributed by atoms with Gasteiger partial charge in [0.05, 0.1) is 21.7 Å². The number of Topliss-reactive ketones (excluding diaryl/α,β-unsaturated/α-hetero) is 1. The Morgan fingerprint density at radius 2 is 2.21 bits per heavy atom. The highest BCUT2D eigenvalue weighted by molar-refractivity contribution is 6.42. The van der Waals surface area contributed by atoms with Gasteiger partial charge in [0.25, 0.3) is 0 Å². The lowest BCUT2D eigenvalue weighted by atomic mass is 9.83. The largest absolute Gasteiger partial charge is 0.392 e. The second-order valence-corrected chi connectivity index (χ2v) is 5.84. The Morgan fingerprint density at radius 1 is 1.47 bits per heavy atom. The minimum absolute atomic E-state index is 0.0236. The number of carbonyl (C=O) groups is 1. The van der Waals surface area contributed by atoms with Gasteiger partial charge in [-0.2, -0.15) is 0 Å². The van der Waals surface area contributed by atoms with Crippen LogP contribution in [-0.4, -0.2) is 29.1 Å². The van der Waals surface area contributed by atoms with Crippen molar-refractivity contribution in [2.75, 3.05) is 6.54 Å². The molecule has 1 saturated heterocycles. The molecule has 0 saturated carbocycles. The molecule has 0 amide bonds. The van der Waals surface area contributed by atoms with E-state index in [0.717, 1.165) is 6.42 Å². The predicted molar refractivity (Wildman–Crippen MR) is 77.1 cm³/mol. The van der Waals surface area contributed by atoms with Gasteiger partial charge in [0.1, 0.15) is 0 Å². The maximum atomic E-state index is 12.7. The average Bonchev–Trinajstić information content (AvgIpc) is 2.75. The molecule has 104 valence electrons. The molecule has 19 heavy (non-hydrogen) atoms. The van der Waals surface area contributed by atoms with Crippen LogP contribution in [0.3, 0.4) is 0 Å². The van der Waals surface area contributed by atoms with Crippen molar-refractivity contribution in [1.82, 2.24) is 5.32 Å². The van der Waals surface area contributed by atoms with Crippen LogP contribution < -0.4 is 5.32 Å². The highest BCUT2D eigenvalue weighted by atomic mass is 35.5. The molecule has 5 heteroatoms. The minimum atomic E-state index is -0.675. The zero-order valence-corrected chi connectivity index (χ0v) is 12.3. The quantitative estimate of drug-likeness (QED) is 0.840. The van der Waals surface area contributed by atoms with Gasteiger partial charge in [0.15, 0.2) is 5.78 Å². The zero-order valence-electron chi connectivity index (χ0n) is 10.7. The molecule has 2 unspecified atom stereocenters. The Morgan fingerprint density at radius 3 is 2.74 bits per heavy atom. The molecule has 2 N–H and O–H groups in total. The normalized spacial score (nSPS) is 26.6. The topological polar surface area (TPSA) is 49.3 Å². The van der Waals surface area contributed by atoms with Crippen LogP contribution in [0.25, 0.3) is 0 Å². The van der Waals surface area contributed by atoms with E-state index in [1.165, 1.54) is 0 Å². The highest BCUT2D eigenvalue weighted by Gasteiger charge is 2.43. The Kier molecular flexibility index (Phi) is 4.51. The van der Waals surface area contributed by atoms with E-state index in [-0.39, 0.29) is 5.78 Å². The maximum absolute atomic E-state index is 12.7. The molecular formula is C14H17Cl2NO2. The Labute approximate surface area is 122 Å². The van der Waals surface area contributed by atoms with E-state index in [1.807, 2.05) is 6.92 Å². The number of hydrogen-bond donors (Lipinski definition) is 2. The first-order valence-corrected chi connectivity index (χ1v) is 7.17. The van der Waals surface area contributed by atoms with E-state index in [9.17, 15) is 9.90 Å². The summed E-state index contributed by atoms with van der Waals surface area (Å²) in [5.74, 6) is -0.0236. The molecule has 1 aromatic rings. The first kappa shape index (κ1) is 14.8. The van der Waals surface area contributed by atoms with Crippen molar-refractivity contribution >= 4 is 29.0 Å². The van der Waals surface area contributed by atoms with Crippen molar-refractivity contribution in [3.05, 3.63) is 33.8 Å². The molecule has 0 radical (unpaired) electrons. The van der Waals surface area contributed by atoms with Gasteiger partial charge >= 0.3 is 0 Å². The van der Waals surface area contributed by atoms with Gasteiger partial charge in [0, 0.05) is 18.5 Å². The van der Waals surface area contributed by atoms with E-state index in [2.05, 4.69) is 5.32 Å². The van der Waals surface area contributed by atoms with Crippen LogP contribution >= 0.6 is 23.2 Å². The van der Waals surface area contributed by atoms with Crippen molar-refractivity contribution < 1.29 is 9.90 Å². The number of hydrogen-bond acceptors (Lipinski definition) is 3. The van der Waals surface area contributed by atoms with Gasteiger partial charge in [0.2, 0.25) is 0 Å². The minimum Gasteiger partial charge on any atom is -0.392 e. The van der Waals surface area contributed by atoms with Crippen LogP contribution in [0.1, 0.15) is 36.5 Å². The monoisotopic (exact) mass is 301 g/mol. The van der Waals surface area contributed by atoms with Crippen LogP contribution in [0, 0.1) is 0 Å². The van der Waals surface area contributed by atoms with E-state index in [1.54, 1.807) is 18.2 Å². The summed E-state index contributed by atoms with van der Waals surface area (Å²) in [6.07, 6.45) is 1.54. The zero-order chi connectivity index (χ0) is 14.0. The Balaban J connectivity index is 2.32. The molecule has 1 aromatic carbocycles. The molecule has 0 aliphatic carbocycles. The number of β-amino-alcohol motifs (C(OH)–C–C–N with tert-alkyl or cyclic N) is 1. The summed E-state index contributed by atoms with van der Waals surface area (Å²) in [4.78, 5) is 12.7. The lowest BCUT2D eigenvalue weighted by Crippen LogP contribution is -2.47. The SMILES string of the molecule is CCCC1(C(=O)c2ccc(Cl)c(Cl)c2)CC(O)CN1. The molecule has 1 aliphatic rings. The van der Waals surface area contributed by atoms with Crippen LogP contribution in [0.5, 0.6) is 0 Å². The van der Waals surface area contributed by atoms with E-state index < -0.39 is 11.6 Å². The summed E-state index contributed by atoms with van der Waals surface area (Å²) in [6.45, 7) is 2.48. The Hall–Kier alpha value is -0.610. The van der Waals surface area contributed by atoms with E-state index >= 15 is 0 Å². The molecular weight excluding hydrogens is 285 g/mol. The fraction of sp³-hybridized carbons (Fsp3) is 0.500. The fourth-order valence-electron chi connectivity index (χ4n) is 2.68.